The molecule has 0 radical (unpaired) electrons. The summed E-state index contributed by atoms with van der Waals surface area (Å²) in [6, 6.07) is 4.87. The van der Waals surface area contributed by atoms with Gasteiger partial charge in [0.15, 0.2) is 0 Å². The second-order valence-corrected chi connectivity index (χ2v) is 5.67. The van der Waals surface area contributed by atoms with E-state index in [0.717, 1.165) is 12.1 Å². The summed E-state index contributed by atoms with van der Waals surface area (Å²) in [6.45, 7) is 1.75. The predicted octanol–water partition coefficient (Wildman–Crippen LogP) is 1.69. The van der Waals surface area contributed by atoms with Gasteiger partial charge in [0.2, 0.25) is 0 Å². The number of halogens is 3. The number of hydrogen-bond acceptors (Lipinski definition) is 5. The standard InChI is InChI=1S/C15H19F3N2O3.CH2O2/c1-19(2)9-12-10-22-8-7-20(12)14(21)11-3-5-13(6-4-11)23-15(16,17)18;2-1-3/h3-6,12H,7-10H2,1-2H3;1H,(H,2,3). The Morgan fingerprint density at radius 2 is 1.96 bits per heavy atom. The Morgan fingerprint density at radius 3 is 2.46 bits per heavy atom. The lowest BCUT2D eigenvalue weighted by Gasteiger charge is -2.37. The van der Waals surface area contributed by atoms with E-state index >= 15 is 0 Å². The summed E-state index contributed by atoms with van der Waals surface area (Å²) >= 11 is 0. The van der Waals surface area contributed by atoms with Crippen molar-refractivity contribution in [3.05, 3.63) is 29.8 Å². The number of likely N-dealkylation sites (N-methyl/N-ethyl adjacent to an activating group) is 1. The fraction of sp³-hybridized carbons (Fsp3) is 0.500. The molecule has 1 heterocycles. The fourth-order valence-electron chi connectivity index (χ4n) is 2.46. The van der Waals surface area contributed by atoms with Gasteiger partial charge >= 0.3 is 6.36 Å². The Kier molecular flexibility index (Phi) is 8.33. The molecule has 10 heteroatoms. The second kappa shape index (κ2) is 9.97. The molecule has 0 aliphatic carbocycles. The Balaban J connectivity index is 0.00000105. The fourth-order valence-corrected chi connectivity index (χ4v) is 2.46. The number of rotatable bonds is 4. The molecule has 1 fully saturated rings. The smallest absolute Gasteiger partial charge is 0.483 e. The van der Waals surface area contributed by atoms with E-state index in [1.54, 1.807) is 4.90 Å². The van der Waals surface area contributed by atoms with Crippen LogP contribution < -0.4 is 4.74 Å². The van der Waals surface area contributed by atoms with Gasteiger partial charge in [-0.1, -0.05) is 0 Å². The van der Waals surface area contributed by atoms with E-state index in [1.807, 2.05) is 19.0 Å². The van der Waals surface area contributed by atoms with Crippen LogP contribution in [-0.4, -0.2) is 80.1 Å². The zero-order valence-corrected chi connectivity index (χ0v) is 14.4. The van der Waals surface area contributed by atoms with Gasteiger partial charge in [-0.25, -0.2) is 0 Å². The van der Waals surface area contributed by atoms with Crippen molar-refractivity contribution < 1.29 is 37.3 Å². The molecule has 26 heavy (non-hydrogen) atoms. The van der Waals surface area contributed by atoms with E-state index < -0.39 is 6.36 Å². The molecule has 7 nitrogen and oxygen atoms in total. The molecule has 2 rings (SSSR count). The Hall–Kier alpha value is -2.33. The van der Waals surface area contributed by atoms with Gasteiger partial charge in [-0.05, 0) is 38.4 Å². The number of alkyl halides is 3. The maximum Gasteiger partial charge on any atom is 0.573 e. The highest BCUT2D eigenvalue weighted by Crippen LogP contribution is 2.23. The number of benzene rings is 1. The zero-order valence-electron chi connectivity index (χ0n) is 14.4. The largest absolute Gasteiger partial charge is 0.573 e. The van der Waals surface area contributed by atoms with Crippen LogP contribution in [-0.2, 0) is 9.53 Å². The minimum Gasteiger partial charge on any atom is -0.483 e. The van der Waals surface area contributed by atoms with Crippen LogP contribution in [0.15, 0.2) is 24.3 Å². The first-order chi connectivity index (χ1) is 12.2. The van der Waals surface area contributed by atoms with Crippen molar-refractivity contribution >= 4 is 12.4 Å². The normalized spacial score (nSPS) is 17.3. The molecule has 1 saturated heterocycles. The molecular formula is C16H21F3N2O5. The number of ether oxygens (including phenoxy) is 2. The van der Waals surface area contributed by atoms with Crippen molar-refractivity contribution in [3.8, 4) is 5.75 Å². The van der Waals surface area contributed by atoms with Gasteiger partial charge in [0, 0.05) is 18.7 Å². The molecule has 1 unspecified atom stereocenters. The third-order valence-corrected chi connectivity index (χ3v) is 3.40. The van der Waals surface area contributed by atoms with Gasteiger partial charge in [-0.3, -0.25) is 9.59 Å². The summed E-state index contributed by atoms with van der Waals surface area (Å²) in [4.78, 5) is 24.6. The van der Waals surface area contributed by atoms with Crippen molar-refractivity contribution in [2.75, 3.05) is 40.4 Å². The molecule has 1 aliphatic rings. The van der Waals surface area contributed by atoms with Crippen LogP contribution in [0.1, 0.15) is 10.4 Å². The first-order valence-corrected chi connectivity index (χ1v) is 7.65. The molecular weight excluding hydrogens is 357 g/mol. The molecule has 1 aliphatic heterocycles. The maximum absolute atomic E-state index is 12.6. The van der Waals surface area contributed by atoms with Gasteiger partial charge < -0.3 is 24.4 Å². The van der Waals surface area contributed by atoms with Crippen molar-refractivity contribution in [1.29, 1.82) is 0 Å². The second-order valence-electron chi connectivity index (χ2n) is 5.67. The van der Waals surface area contributed by atoms with Gasteiger partial charge in [-0.15, -0.1) is 13.2 Å². The van der Waals surface area contributed by atoms with E-state index in [1.165, 1.54) is 12.1 Å². The summed E-state index contributed by atoms with van der Waals surface area (Å²) in [5, 5.41) is 6.89. The summed E-state index contributed by atoms with van der Waals surface area (Å²) in [6.07, 6.45) is -4.74. The molecule has 1 atom stereocenters. The SMILES string of the molecule is CN(C)CC1COCCN1C(=O)c1ccc(OC(F)(F)F)cc1.O=CO. The molecule has 0 aromatic heterocycles. The predicted molar refractivity (Wildman–Crippen MR) is 86.0 cm³/mol. The van der Waals surface area contributed by atoms with Crippen molar-refractivity contribution in [1.82, 2.24) is 9.80 Å². The molecule has 146 valence electrons. The highest BCUT2D eigenvalue weighted by atomic mass is 19.4. The van der Waals surface area contributed by atoms with Crippen LogP contribution in [0, 0.1) is 0 Å². The van der Waals surface area contributed by atoms with Crippen LogP contribution in [0.4, 0.5) is 13.2 Å². The molecule has 1 aromatic rings. The lowest BCUT2D eigenvalue weighted by molar-refractivity contribution is -0.274. The third kappa shape index (κ3) is 7.28. The first-order valence-electron chi connectivity index (χ1n) is 7.65. The summed E-state index contributed by atoms with van der Waals surface area (Å²) in [7, 11) is 3.81. The Labute approximate surface area is 148 Å². The average molecular weight is 378 g/mol. The zero-order chi connectivity index (χ0) is 19.7. The molecule has 1 aromatic carbocycles. The molecule has 1 N–H and O–H groups in total. The summed E-state index contributed by atoms with van der Waals surface area (Å²) in [5.74, 6) is -0.570. The van der Waals surface area contributed by atoms with E-state index in [2.05, 4.69) is 4.74 Å². The van der Waals surface area contributed by atoms with Gasteiger partial charge in [-0.2, -0.15) is 0 Å². The number of morpholine rings is 1. The van der Waals surface area contributed by atoms with E-state index in [0.29, 0.717) is 31.9 Å². The lowest BCUT2D eigenvalue weighted by Crippen LogP contribution is -2.52. The minimum atomic E-state index is -4.74. The Bertz CT molecular complexity index is 578. The van der Waals surface area contributed by atoms with Crippen LogP contribution in [0.3, 0.4) is 0 Å². The van der Waals surface area contributed by atoms with Crippen molar-refractivity contribution in [3.63, 3.8) is 0 Å². The van der Waals surface area contributed by atoms with Gasteiger partial charge in [0.1, 0.15) is 5.75 Å². The van der Waals surface area contributed by atoms with Gasteiger partial charge in [0.05, 0.1) is 19.3 Å². The Morgan fingerprint density at radius 1 is 1.38 bits per heavy atom. The minimum absolute atomic E-state index is 0.0858. The highest BCUT2D eigenvalue weighted by molar-refractivity contribution is 5.94. The molecule has 1 amide bonds. The number of amides is 1. The topological polar surface area (TPSA) is 79.3 Å². The molecule has 0 bridgehead atoms. The monoisotopic (exact) mass is 378 g/mol. The number of hydrogen-bond donors (Lipinski definition) is 1. The van der Waals surface area contributed by atoms with E-state index in [-0.39, 0.29) is 24.2 Å². The van der Waals surface area contributed by atoms with Crippen LogP contribution in [0.25, 0.3) is 0 Å². The summed E-state index contributed by atoms with van der Waals surface area (Å²) < 4.78 is 45.7. The maximum atomic E-state index is 12.6. The summed E-state index contributed by atoms with van der Waals surface area (Å²) in [5.41, 5.74) is 0.324. The van der Waals surface area contributed by atoms with Gasteiger partial charge in [0.25, 0.3) is 12.4 Å². The number of nitrogens with zero attached hydrogens (tertiary/aromatic N) is 2. The van der Waals surface area contributed by atoms with Crippen LogP contribution in [0.2, 0.25) is 0 Å². The lowest BCUT2D eigenvalue weighted by atomic mass is 10.1. The quantitative estimate of drug-likeness (QED) is 0.804. The first kappa shape index (κ1) is 21.7. The van der Waals surface area contributed by atoms with Crippen LogP contribution >= 0.6 is 0 Å². The highest BCUT2D eigenvalue weighted by Gasteiger charge is 2.31. The van der Waals surface area contributed by atoms with Crippen molar-refractivity contribution in [2.45, 2.75) is 12.4 Å². The number of carbonyl (C=O) groups is 2. The van der Waals surface area contributed by atoms with Crippen LogP contribution in [0.5, 0.6) is 5.75 Å². The van der Waals surface area contributed by atoms with E-state index in [9.17, 15) is 18.0 Å². The van der Waals surface area contributed by atoms with E-state index in [4.69, 9.17) is 14.6 Å². The number of carboxylic acid groups (broad SMARTS) is 1. The molecule has 0 spiro atoms. The molecule has 0 saturated carbocycles. The van der Waals surface area contributed by atoms with Crippen molar-refractivity contribution in [2.24, 2.45) is 0 Å². The third-order valence-electron chi connectivity index (χ3n) is 3.40. The number of carbonyl (C=O) groups excluding carboxylic acids is 1. The average Bonchev–Trinajstić information content (AvgIpc) is 2.54.